The molecule has 4 aromatic rings. The predicted octanol–water partition coefficient (Wildman–Crippen LogP) is 3.63. The molecule has 1 saturated heterocycles. The lowest BCUT2D eigenvalue weighted by Crippen LogP contribution is -2.48. The van der Waals surface area contributed by atoms with Gasteiger partial charge in [-0.1, -0.05) is 18.2 Å². The Hall–Kier alpha value is -3.10. The number of nitrogens with zero attached hydrogens (tertiary/aromatic N) is 5. The molecule has 5 rings (SSSR count). The molecular formula is C25H28F2N6. The lowest BCUT2D eigenvalue weighted by atomic mass is 10.1. The molecule has 0 saturated carbocycles. The number of aromatic amines is 1. The molecule has 1 fully saturated rings. The molecule has 8 heteroatoms. The van der Waals surface area contributed by atoms with Gasteiger partial charge in [0.25, 0.3) is 0 Å². The first-order valence-corrected chi connectivity index (χ1v) is 11.4. The van der Waals surface area contributed by atoms with E-state index in [4.69, 9.17) is 0 Å². The number of fused-ring (bicyclic) bond motifs is 1. The summed E-state index contributed by atoms with van der Waals surface area (Å²) in [4.78, 5) is 7.78. The van der Waals surface area contributed by atoms with Gasteiger partial charge in [0.05, 0.1) is 0 Å². The Kier molecular flexibility index (Phi) is 6.46. The summed E-state index contributed by atoms with van der Waals surface area (Å²) < 4.78 is 30.7. The number of piperazine rings is 1. The summed E-state index contributed by atoms with van der Waals surface area (Å²) in [5.41, 5.74) is 3.69. The average molecular weight is 451 g/mol. The first-order chi connectivity index (χ1) is 16.2. The third kappa shape index (κ3) is 5.12. The molecule has 1 aliphatic heterocycles. The van der Waals surface area contributed by atoms with Gasteiger partial charge in [-0.05, 0) is 41.8 Å². The standard InChI is InChI=1S/C25H28F2N6/c26-21(13-20-15-28-25-6-5-22(14-23(20)25)33-17-29-30-18-33)16-32-11-9-31(10-12-32)8-7-19-3-1-2-4-24(19)27/h1-6,14-15,17-18,21,28H,7-13,16H2/t21-/m1/s1. The lowest BCUT2D eigenvalue weighted by Gasteiger charge is -2.35. The summed E-state index contributed by atoms with van der Waals surface area (Å²) in [7, 11) is 0. The van der Waals surface area contributed by atoms with E-state index < -0.39 is 6.17 Å². The smallest absolute Gasteiger partial charge is 0.126 e. The molecule has 2 aromatic heterocycles. The number of hydrogen-bond donors (Lipinski definition) is 1. The van der Waals surface area contributed by atoms with Crippen molar-refractivity contribution in [3.63, 3.8) is 0 Å². The first-order valence-electron chi connectivity index (χ1n) is 11.4. The van der Waals surface area contributed by atoms with Crippen molar-refractivity contribution in [3.8, 4) is 5.69 Å². The quantitative estimate of drug-likeness (QED) is 0.446. The maximum Gasteiger partial charge on any atom is 0.126 e. The maximum absolute atomic E-state index is 15.0. The summed E-state index contributed by atoms with van der Waals surface area (Å²) >= 11 is 0. The highest BCUT2D eigenvalue weighted by atomic mass is 19.1. The first kappa shape index (κ1) is 21.7. The maximum atomic E-state index is 15.0. The SMILES string of the molecule is Fc1ccccc1CCN1CCN(C[C@H](F)Cc2c[nH]c3ccc(-n4cnnc4)cc23)CC1. The summed E-state index contributed by atoms with van der Waals surface area (Å²) in [5.74, 6) is -0.137. The summed E-state index contributed by atoms with van der Waals surface area (Å²) in [6.07, 6.45) is 5.36. The van der Waals surface area contributed by atoms with Crippen molar-refractivity contribution < 1.29 is 8.78 Å². The molecule has 0 spiro atoms. The molecule has 0 radical (unpaired) electrons. The number of H-pyrrole nitrogens is 1. The molecule has 1 aliphatic rings. The van der Waals surface area contributed by atoms with Gasteiger partial charge in [0, 0.05) is 68.5 Å². The molecule has 2 aromatic carbocycles. The van der Waals surface area contributed by atoms with E-state index in [-0.39, 0.29) is 5.82 Å². The summed E-state index contributed by atoms with van der Waals surface area (Å²) in [6, 6.07) is 13.0. The fourth-order valence-corrected chi connectivity index (χ4v) is 4.59. The minimum atomic E-state index is -0.937. The van der Waals surface area contributed by atoms with Gasteiger partial charge in [0.2, 0.25) is 0 Å². The van der Waals surface area contributed by atoms with Crippen LogP contribution < -0.4 is 0 Å². The minimum Gasteiger partial charge on any atom is -0.361 e. The molecule has 1 N–H and O–H groups in total. The van der Waals surface area contributed by atoms with Gasteiger partial charge in [0.15, 0.2) is 0 Å². The zero-order chi connectivity index (χ0) is 22.6. The van der Waals surface area contributed by atoms with Crippen molar-refractivity contribution in [1.29, 1.82) is 0 Å². The Labute approximate surface area is 191 Å². The monoisotopic (exact) mass is 450 g/mol. The van der Waals surface area contributed by atoms with Gasteiger partial charge in [-0.3, -0.25) is 9.47 Å². The van der Waals surface area contributed by atoms with E-state index in [9.17, 15) is 4.39 Å². The van der Waals surface area contributed by atoms with E-state index in [1.165, 1.54) is 6.07 Å². The summed E-state index contributed by atoms with van der Waals surface area (Å²) in [5, 5.41) is 8.74. The number of hydrogen-bond acceptors (Lipinski definition) is 4. The second-order valence-electron chi connectivity index (χ2n) is 8.70. The second kappa shape index (κ2) is 9.80. The van der Waals surface area contributed by atoms with Crippen LogP contribution in [-0.2, 0) is 12.8 Å². The Balaban J connectivity index is 1.13. The van der Waals surface area contributed by atoms with E-state index in [0.29, 0.717) is 19.4 Å². The third-order valence-electron chi connectivity index (χ3n) is 6.49. The van der Waals surface area contributed by atoms with Gasteiger partial charge < -0.3 is 9.88 Å². The van der Waals surface area contributed by atoms with Crippen LogP contribution in [0.1, 0.15) is 11.1 Å². The highest BCUT2D eigenvalue weighted by Gasteiger charge is 2.21. The average Bonchev–Trinajstić information content (AvgIpc) is 3.50. The van der Waals surface area contributed by atoms with Crippen LogP contribution in [0.15, 0.2) is 61.3 Å². The number of rotatable bonds is 8. The molecule has 0 bridgehead atoms. The normalized spacial score (nSPS) is 16.4. The molecule has 172 valence electrons. The van der Waals surface area contributed by atoms with Gasteiger partial charge in [0.1, 0.15) is 24.6 Å². The van der Waals surface area contributed by atoms with Crippen molar-refractivity contribution in [2.24, 2.45) is 0 Å². The lowest BCUT2D eigenvalue weighted by molar-refractivity contribution is 0.107. The van der Waals surface area contributed by atoms with Gasteiger partial charge in [-0.2, -0.15) is 0 Å². The molecule has 33 heavy (non-hydrogen) atoms. The fraction of sp³-hybridized carbons (Fsp3) is 0.360. The van der Waals surface area contributed by atoms with Crippen molar-refractivity contribution in [2.75, 3.05) is 39.3 Å². The second-order valence-corrected chi connectivity index (χ2v) is 8.70. The van der Waals surface area contributed by atoms with E-state index in [1.54, 1.807) is 18.7 Å². The highest BCUT2D eigenvalue weighted by Crippen LogP contribution is 2.24. The Morgan fingerprint density at radius 3 is 2.48 bits per heavy atom. The van der Waals surface area contributed by atoms with E-state index >= 15 is 4.39 Å². The Morgan fingerprint density at radius 1 is 0.939 bits per heavy atom. The van der Waals surface area contributed by atoms with Crippen molar-refractivity contribution >= 4 is 10.9 Å². The summed E-state index contributed by atoms with van der Waals surface area (Å²) in [6.45, 7) is 4.71. The van der Waals surface area contributed by atoms with E-state index in [0.717, 1.165) is 60.4 Å². The topological polar surface area (TPSA) is 53.0 Å². The molecule has 0 aliphatic carbocycles. The molecule has 3 heterocycles. The molecular weight excluding hydrogens is 422 g/mol. The van der Waals surface area contributed by atoms with Crippen LogP contribution in [-0.4, -0.2) is 75.0 Å². The predicted molar refractivity (Wildman–Crippen MR) is 125 cm³/mol. The third-order valence-corrected chi connectivity index (χ3v) is 6.49. The van der Waals surface area contributed by atoms with Crippen LogP contribution in [0.25, 0.3) is 16.6 Å². The van der Waals surface area contributed by atoms with Crippen LogP contribution in [0, 0.1) is 5.82 Å². The zero-order valence-corrected chi connectivity index (χ0v) is 18.5. The molecule has 6 nitrogen and oxygen atoms in total. The Morgan fingerprint density at radius 2 is 1.70 bits per heavy atom. The van der Waals surface area contributed by atoms with Gasteiger partial charge in [-0.15, -0.1) is 10.2 Å². The van der Waals surface area contributed by atoms with Crippen LogP contribution in [0.3, 0.4) is 0 Å². The highest BCUT2D eigenvalue weighted by molar-refractivity contribution is 5.85. The van der Waals surface area contributed by atoms with Gasteiger partial charge in [-0.25, -0.2) is 8.78 Å². The van der Waals surface area contributed by atoms with E-state index in [1.807, 2.05) is 41.1 Å². The number of alkyl halides is 1. The number of benzene rings is 2. The number of halogens is 2. The number of aromatic nitrogens is 4. The number of nitrogens with one attached hydrogen (secondary N) is 1. The van der Waals surface area contributed by atoms with Crippen LogP contribution >= 0.6 is 0 Å². The zero-order valence-electron chi connectivity index (χ0n) is 18.5. The van der Waals surface area contributed by atoms with Crippen molar-refractivity contribution in [2.45, 2.75) is 19.0 Å². The van der Waals surface area contributed by atoms with Gasteiger partial charge >= 0.3 is 0 Å². The Bertz CT molecular complexity index is 1180. The molecule has 0 amide bonds. The van der Waals surface area contributed by atoms with E-state index in [2.05, 4.69) is 25.0 Å². The van der Waals surface area contributed by atoms with Crippen molar-refractivity contribution in [3.05, 3.63) is 78.3 Å². The van der Waals surface area contributed by atoms with Crippen molar-refractivity contribution in [1.82, 2.24) is 29.5 Å². The fourth-order valence-electron chi connectivity index (χ4n) is 4.59. The minimum absolute atomic E-state index is 0.137. The molecule has 0 unspecified atom stereocenters. The van der Waals surface area contributed by atoms with Crippen LogP contribution in [0.2, 0.25) is 0 Å². The molecule has 1 atom stereocenters. The van der Waals surface area contributed by atoms with Crippen LogP contribution in [0.5, 0.6) is 0 Å². The largest absolute Gasteiger partial charge is 0.361 e. The van der Waals surface area contributed by atoms with Crippen LogP contribution in [0.4, 0.5) is 8.78 Å².